The van der Waals surface area contributed by atoms with E-state index < -0.39 is 15.7 Å². The number of hydrogen-bond acceptors (Lipinski definition) is 3. The van der Waals surface area contributed by atoms with E-state index in [2.05, 4.69) is 4.90 Å². The molecule has 0 N–H and O–H groups in total. The van der Waals surface area contributed by atoms with Gasteiger partial charge in [-0.25, -0.2) is 12.8 Å². The van der Waals surface area contributed by atoms with Gasteiger partial charge in [0.15, 0.2) is 0 Å². The molecule has 2 aliphatic heterocycles. The molecule has 19 heavy (non-hydrogen) atoms. The molecular formula is C14H16FNO2S. The summed E-state index contributed by atoms with van der Waals surface area (Å²) in [7, 11) is -3.41. The van der Waals surface area contributed by atoms with Gasteiger partial charge in [-0.05, 0) is 55.8 Å². The van der Waals surface area contributed by atoms with Crippen LogP contribution in [0.1, 0.15) is 24.8 Å². The lowest BCUT2D eigenvalue weighted by atomic mass is 10.1. The highest BCUT2D eigenvalue weighted by Crippen LogP contribution is 2.33. The molecule has 0 atom stereocenters. The molecule has 3 nitrogen and oxygen atoms in total. The van der Waals surface area contributed by atoms with E-state index >= 15 is 0 Å². The van der Waals surface area contributed by atoms with Crippen molar-refractivity contribution < 1.29 is 12.8 Å². The van der Waals surface area contributed by atoms with Crippen LogP contribution in [0.2, 0.25) is 0 Å². The maximum Gasteiger partial charge on any atom is 0.204 e. The zero-order chi connectivity index (χ0) is 13.5. The molecule has 0 radical (unpaired) electrons. The lowest BCUT2D eigenvalue weighted by Crippen LogP contribution is -2.32. The summed E-state index contributed by atoms with van der Waals surface area (Å²) in [6.45, 7) is 2.33. The third-order valence-corrected chi connectivity index (χ3v) is 5.64. The van der Waals surface area contributed by atoms with Gasteiger partial charge in [0.2, 0.25) is 9.84 Å². The van der Waals surface area contributed by atoms with E-state index in [0.717, 1.165) is 25.9 Å². The van der Waals surface area contributed by atoms with Crippen LogP contribution in [0, 0.1) is 5.82 Å². The van der Waals surface area contributed by atoms with E-state index in [9.17, 15) is 12.8 Å². The summed E-state index contributed by atoms with van der Waals surface area (Å²) >= 11 is 0. The Morgan fingerprint density at radius 2 is 1.89 bits per heavy atom. The number of nitrogens with zero attached hydrogens (tertiary/aromatic N) is 1. The van der Waals surface area contributed by atoms with Gasteiger partial charge < -0.3 is 0 Å². The third kappa shape index (κ3) is 2.32. The van der Waals surface area contributed by atoms with Crippen LogP contribution in [0.3, 0.4) is 0 Å². The van der Waals surface area contributed by atoms with Crippen molar-refractivity contribution in [1.82, 2.24) is 4.90 Å². The highest BCUT2D eigenvalue weighted by atomic mass is 32.2. The smallest absolute Gasteiger partial charge is 0.204 e. The predicted octanol–water partition coefficient (Wildman–Crippen LogP) is 2.44. The molecule has 0 amide bonds. The van der Waals surface area contributed by atoms with Gasteiger partial charge in [0.1, 0.15) is 5.82 Å². The molecule has 1 saturated heterocycles. The van der Waals surface area contributed by atoms with Crippen LogP contribution in [0.5, 0.6) is 0 Å². The first-order valence-corrected chi connectivity index (χ1v) is 8.03. The van der Waals surface area contributed by atoms with Crippen LogP contribution in [-0.2, 0) is 9.84 Å². The van der Waals surface area contributed by atoms with Crippen LogP contribution in [0.25, 0.3) is 6.08 Å². The minimum absolute atomic E-state index is 0.237. The number of piperidine rings is 1. The van der Waals surface area contributed by atoms with Crippen LogP contribution in [0.4, 0.5) is 4.39 Å². The molecular weight excluding hydrogens is 265 g/mol. The van der Waals surface area contributed by atoms with Gasteiger partial charge in [0.25, 0.3) is 0 Å². The van der Waals surface area contributed by atoms with Gasteiger partial charge in [0, 0.05) is 6.54 Å². The fourth-order valence-corrected chi connectivity index (χ4v) is 4.33. The van der Waals surface area contributed by atoms with Gasteiger partial charge in [-0.2, -0.15) is 0 Å². The summed E-state index contributed by atoms with van der Waals surface area (Å²) in [5.74, 6) is -0.399. The number of fused-ring (bicyclic) bond motifs is 1. The summed E-state index contributed by atoms with van der Waals surface area (Å²) < 4.78 is 37.9. The molecule has 0 aromatic heterocycles. The number of sulfone groups is 1. The van der Waals surface area contributed by atoms with Gasteiger partial charge in [-0.3, -0.25) is 4.90 Å². The van der Waals surface area contributed by atoms with E-state index in [1.54, 1.807) is 6.08 Å². The Morgan fingerprint density at radius 3 is 2.63 bits per heavy atom. The molecule has 2 heterocycles. The number of hydrogen-bond donors (Lipinski definition) is 0. The molecule has 2 aliphatic rings. The van der Waals surface area contributed by atoms with E-state index in [1.807, 2.05) is 0 Å². The molecule has 3 rings (SSSR count). The quantitative estimate of drug-likeness (QED) is 0.781. The second-order valence-electron chi connectivity index (χ2n) is 5.13. The number of halogens is 1. The van der Waals surface area contributed by atoms with Crippen molar-refractivity contribution in [2.45, 2.75) is 24.2 Å². The molecule has 1 aromatic rings. The van der Waals surface area contributed by atoms with E-state index in [1.165, 1.54) is 24.6 Å². The second-order valence-corrected chi connectivity index (χ2v) is 7.10. The molecule has 5 heteroatoms. The van der Waals surface area contributed by atoms with Crippen LogP contribution >= 0.6 is 0 Å². The van der Waals surface area contributed by atoms with Gasteiger partial charge in [0.05, 0.1) is 9.80 Å². The van der Waals surface area contributed by atoms with Crippen molar-refractivity contribution in [3.05, 3.63) is 34.5 Å². The highest BCUT2D eigenvalue weighted by molar-refractivity contribution is 7.95. The Labute approximate surface area is 112 Å². The summed E-state index contributed by atoms with van der Waals surface area (Å²) in [5, 5.41) is 0. The highest BCUT2D eigenvalue weighted by Gasteiger charge is 2.31. The fourth-order valence-electron chi connectivity index (χ4n) is 2.74. The van der Waals surface area contributed by atoms with Crippen molar-refractivity contribution in [3.63, 3.8) is 0 Å². The topological polar surface area (TPSA) is 37.4 Å². The average Bonchev–Trinajstić information content (AvgIpc) is 2.62. The molecule has 0 saturated carbocycles. The summed E-state index contributed by atoms with van der Waals surface area (Å²) in [6, 6.07) is 3.85. The first-order valence-electron chi connectivity index (χ1n) is 6.55. The SMILES string of the molecule is O=S1(=O)C(CN2CCCCC2)=Cc2cc(F)ccc21. The van der Waals surface area contributed by atoms with Crippen molar-refractivity contribution in [1.29, 1.82) is 0 Å². The zero-order valence-electron chi connectivity index (χ0n) is 10.6. The van der Waals surface area contributed by atoms with Gasteiger partial charge in [-0.15, -0.1) is 0 Å². The van der Waals surface area contributed by atoms with Crippen LogP contribution in [0.15, 0.2) is 28.0 Å². The molecule has 0 aliphatic carbocycles. The molecule has 0 spiro atoms. The maximum absolute atomic E-state index is 13.2. The molecule has 1 fully saturated rings. The predicted molar refractivity (Wildman–Crippen MR) is 71.9 cm³/mol. The normalized spacial score (nSPS) is 22.1. The Balaban J connectivity index is 1.89. The average molecular weight is 281 g/mol. The fraction of sp³-hybridized carbons (Fsp3) is 0.429. The first-order chi connectivity index (χ1) is 9.07. The van der Waals surface area contributed by atoms with Gasteiger partial charge >= 0.3 is 0 Å². The summed E-state index contributed by atoms with van der Waals surface area (Å²) in [5.41, 5.74) is 0.479. The number of rotatable bonds is 2. The molecule has 102 valence electrons. The third-order valence-electron chi connectivity index (χ3n) is 3.75. The lowest BCUT2D eigenvalue weighted by molar-refractivity contribution is 0.250. The van der Waals surface area contributed by atoms with E-state index in [4.69, 9.17) is 0 Å². The van der Waals surface area contributed by atoms with Crippen molar-refractivity contribution >= 4 is 15.9 Å². The van der Waals surface area contributed by atoms with Crippen molar-refractivity contribution in [2.75, 3.05) is 19.6 Å². The Bertz CT molecular complexity index is 631. The lowest BCUT2D eigenvalue weighted by Gasteiger charge is -2.26. The zero-order valence-corrected chi connectivity index (χ0v) is 11.4. The van der Waals surface area contributed by atoms with Crippen molar-refractivity contribution in [2.24, 2.45) is 0 Å². The number of likely N-dealkylation sites (tertiary alicyclic amines) is 1. The summed E-state index contributed by atoms with van der Waals surface area (Å²) in [4.78, 5) is 2.80. The largest absolute Gasteiger partial charge is 0.298 e. The van der Waals surface area contributed by atoms with Crippen LogP contribution < -0.4 is 0 Å². The molecule has 0 unspecified atom stereocenters. The molecule has 0 bridgehead atoms. The van der Waals surface area contributed by atoms with E-state index in [0.29, 0.717) is 17.0 Å². The van der Waals surface area contributed by atoms with Gasteiger partial charge in [-0.1, -0.05) is 6.42 Å². The Hall–Kier alpha value is -1.20. The van der Waals surface area contributed by atoms with E-state index in [-0.39, 0.29) is 4.90 Å². The minimum atomic E-state index is -3.41. The first kappa shape index (κ1) is 12.8. The monoisotopic (exact) mass is 281 g/mol. The second kappa shape index (κ2) is 4.72. The molecule has 1 aromatic carbocycles. The summed E-state index contributed by atoms with van der Waals surface area (Å²) in [6.07, 6.45) is 5.07. The maximum atomic E-state index is 13.2. The minimum Gasteiger partial charge on any atom is -0.298 e. The Morgan fingerprint density at radius 1 is 1.16 bits per heavy atom. The Kier molecular flexibility index (Phi) is 3.19. The standard InChI is InChI=1S/C14H16FNO2S/c15-12-4-5-14-11(8-12)9-13(19(14,17)18)10-16-6-2-1-3-7-16/h4-5,8-9H,1-3,6-7,10H2. The van der Waals surface area contributed by atoms with Crippen molar-refractivity contribution in [3.8, 4) is 0 Å². The van der Waals surface area contributed by atoms with Crippen LogP contribution in [-0.4, -0.2) is 33.0 Å². The number of benzene rings is 1.